The summed E-state index contributed by atoms with van der Waals surface area (Å²) in [5.41, 5.74) is 0. The number of rotatable bonds is 10. The second-order valence-electron chi connectivity index (χ2n) is 4.86. The fourth-order valence-corrected chi connectivity index (χ4v) is 2.23. The minimum Gasteiger partial charge on any atom is -0.383 e. The Hall–Kier alpha value is -0.690. The maximum absolute atomic E-state index is 11.8. The van der Waals surface area contributed by atoms with Crippen molar-refractivity contribution in [3.05, 3.63) is 0 Å². The summed E-state index contributed by atoms with van der Waals surface area (Å²) in [4.78, 5) is 13.9. The zero-order valence-electron chi connectivity index (χ0n) is 12.1. The zero-order valence-corrected chi connectivity index (χ0v) is 12.1. The number of ether oxygens (including phenoxy) is 2. The number of carbonyl (C=O) groups excluding carboxylic acids is 1. The molecule has 112 valence electrons. The fraction of sp³-hybridized carbons (Fsp3) is 0.923. The van der Waals surface area contributed by atoms with Crippen molar-refractivity contribution in [3.63, 3.8) is 0 Å². The molecule has 0 spiro atoms. The lowest BCUT2D eigenvalue weighted by Crippen LogP contribution is -2.44. The van der Waals surface area contributed by atoms with E-state index in [4.69, 9.17) is 9.47 Å². The summed E-state index contributed by atoms with van der Waals surface area (Å²) in [6.07, 6.45) is 2.41. The van der Waals surface area contributed by atoms with Crippen LogP contribution < -0.4 is 10.6 Å². The molecule has 1 rings (SSSR count). The summed E-state index contributed by atoms with van der Waals surface area (Å²) in [6, 6.07) is 0.503. The van der Waals surface area contributed by atoms with Crippen molar-refractivity contribution in [3.8, 4) is 0 Å². The van der Waals surface area contributed by atoms with E-state index in [1.807, 2.05) is 0 Å². The number of amides is 1. The lowest BCUT2D eigenvalue weighted by atomic mass is 10.2. The summed E-state index contributed by atoms with van der Waals surface area (Å²) < 4.78 is 10.0. The van der Waals surface area contributed by atoms with Crippen molar-refractivity contribution < 1.29 is 14.3 Å². The van der Waals surface area contributed by atoms with Gasteiger partial charge in [-0.2, -0.15) is 0 Å². The number of hydrogen-bond donors (Lipinski definition) is 2. The summed E-state index contributed by atoms with van der Waals surface area (Å²) >= 11 is 0. The smallest absolute Gasteiger partial charge is 0.234 e. The normalized spacial score (nSPS) is 19.0. The predicted molar refractivity (Wildman–Crippen MR) is 74.2 cm³/mol. The first-order valence-electron chi connectivity index (χ1n) is 6.96. The van der Waals surface area contributed by atoms with Crippen LogP contribution in [0, 0.1) is 0 Å². The molecule has 1 aliphatic heterocycles. The van der Waals surface area contributed by atoms with E-state index in [0.717, 1.165) is 19.6 Å². The first-order chi connectivity index (χ1) is 9.26. The molecule has 0 aromatic rings. The number of nitrogens with one attached hydrogen (secondary N) is 2. The van der Waals surface area contributed by atoms with Crippen LogP contribution in [-0.4, -0.2) is 77.0 Å². The van der Waals surface area contributed by atoms with Gasteiger partial charge in [0, 0.05) is 39.9 Å². The van der Waals surface area contributed by atoms with E-state index in [1.165, 1.54) is 12.8 Å². The van der Waals surface area contributed by atoms with Crippen LogP contribution in [0.4, 0.5) is 0 Å². The molecule has 0 radical (unpaired) electrons. The van der Waals surface area contributed by atoms with Crippen LogP contribution in [0.5, 0.6) is 0 Å². The minimum absolute atomic E-state index is 0.0474. The maximum atomic E-state index is 11.8. The summed E-state index contributed by atoms with van der Waals surface area (Å²) in [7, 11) is 3.31. The van der Waals surface area contributed by atoms with Gasteiger partial charge in [0.1, 0.15) is 0 Å². The third-order valence-corrected chi connectivity index (χ3v) is 3.25. The van der Waals surface area contributed by atoms with E-state index in [9.17, 15) is 4.79 Å². The van der Waals surface area contributed by atoms with Gasteiger partial charge in [-0.3, -0.25) is 9.69 Å². The lowest BCUT2D eigenvalue weighted by molar-refractivity contribution is -0.122. The molecule has 1 unspecified atom stereocenters. The van der Waals surface area contributed by atoms with Gasteiger partial charge in [-0.05, 0) is 19.4 Å². The van der Waals surface area contributed by atoms with Crippen LogP contribution >= 0.6 is 0 Å². The van der Waals surface area contributed by atoms with E-state index < -0.39 is 0 Å². The van der Waals surface area contributed by atoms with Crippen LogP contribution in [0.15, 0.2) is 0 Å². The van der Waals surface area contributed by atoms with Crippen LogP contribution in [0.25, 0.3) is 0 Å². The minimum atomic E-state index is 0.0474. The molecule has 1 saturated heterocycles. The Morgan fingerprint density at radius 2 is 2.16 bits per heavy atom. The molecule has 0 aromatic carbocycles. The molecule has 1 amide bonds. The Balaban J connectivity index is 2.28. The second kappa shape index (κ2) is 10.1. The summed E-state index contributed by atoms with van der Waals surface area (Å²) in [5, 5.41) is 6.30. The van der Waals surface area contributed by atoms with Gasteiger partial charge < -0.3 is 20.1 Å². The first kappa shape index (κ1) is 16.4. The standard InChI is InChI=1S/C13H27N3O3/c1-18-8-6-15-13(17)11-16(7-9-19-2)10-12-4-3-5-14-12/h12,14H,3-11H2,1-2H3,(H,15,17). The molecule has 1 fully saturated rings. The quantitative estimate of drug-likeness (QED) is 0.523. The van der Waals surface area contributed by atoms with Gasteiger partial charge in [-0.25, -0.2) is 0 Å². The molecule has 2 N–H and O–H groups in total. The Bertz CT molecular complexity index is 245. The van der Waals surface area contributed by atoms with Gasteiger partial charge in [-0.1, -0.05) is 0 Å². The molecule has 1 atom stereocenters. The van der Waals surface area contributed by atoms with Crippen molar-refractivity contribution >= 4 is 5.91 Å². The van der Waals surface area contributed by atoms with Crippen molar-refractivity contribution in [1.29, 1.82) is 0 Å². The topological polar surface area (TPSA) is 62.8 Å². The molecule has 1 aliphatic rings. The highest BCUT2D eigenvalue weighted by Gasteiger charge is 2.19. The van der Waals surface area contributed by atoms with Gasteiger partial charge >= 0.3 is 0 Å². The highest BCUT2D eigenvalue weighted by Crippen LogP contribution is 2.06. The highest BCUT2D eigenvalue weighted by molar-refractivity contribution is 5.77. The Kier molecular flexibility index (Phi) is 8.73. The molecule has 0 aromatic heterocycles. The van der Waals surface area contributed by atoms with Crippen LogP contribution in [0.3, 0.4) is 0 Å². The molecule has 0 saturated carbocycles. The highest BCUT2D eigenvalue weighted by atomic mass is 16.5. The summed E-state index contributed by atoms with van der Waals surface area (Å²) in [5.74, 6) is 0.0474. The fourth-order valence-electron chi connectivity index (χ4n) is 2.23. The van der Waals surface area contributed by atoms with E-state index in [1.54, 1.807) is 14.2 Å². The molecular weight excluding hydrogens is 246 g/mol. The van der Waals surface area contributed by atoms with Crippen molar-refractivity contribution in [2.75, 3.05) is 60.2 Å². The first-order valence-corrected chi connectivity index (χ1v) is 6.96. The van der Waals surface area contributed by atoms with Crippen LogP contribution in [0.2, 0.25) is 0 Å². The molecule has 0 aliphatic carbocycles. The van der Waals surface area contributed by atoms with Gasteiger partial charge in [-0.15, -0.1) is 0 Å². The molecular formula is C13H27N3O3. The van der Waals surface area contributed by atoms with Gasteiger partial charge in [0.2, 0.25) is 5.91 Å². The number of hydrogen-bond acceptors (Lipinski definition) is 5. The van der Waals surface area contributed by atoms with E-state index in [-0.39, 0.29) is 5.91 Å². The van der Waals surface area contributed by atoms with Gasteiger partial charge in [0.25, 0.3) is 0 Å². The predicted octanol–water partition coefficient (Wildman–Crippen LogP) is -0.551. The monoisotopic (exact) mass is 273 g/mol. The van der Waals surface area contributed by atoms with Gasteiger partial charge in [0.05, 0.1) is 19.8 Å². The average Bonchev–Trinajstić information content (AvgIpc) is 2.89. The number of methoxy groups -OCH3 is 2. The Labute approximate surface area is 115 Å². The lowest BCUT2D eigenvalue weighted by Gasteiger charge is -2.24. The van der Waals surface area contributed by atoms with Gasteiger partial charge in [0.15, 0.2) is 0 Å². The van der Waals surface area contributed by atoms with E-state index in [2.05, 4.69) is 15.5 Å². The van der Waals surface area contributed by atoms with E-state index in [0.29, 0.717) is 32.3 Å². The number of nitrogens with zero attached hydrogens (tertiary/aromatic N) is 1. The van der Waals surface area contributed by atoms with Crippen LogP contribution in [0.1, 0.15) is 12.8 Å². The van der Waals surface area contributed by atoms with Crippen molar-refractivity contribution in [2.45, 2.75) is 18.9 Å². The maximum Gasteiger partial charge on any atom is 0.234 e. The molecule has 0 bridgehead atoms. The van der Waals surface area contributed by atoms with Crippen LogP contribution in [-0.2, 0) is 14.3 Å². The van der Waals surface area contributed by atoms with E-state index >= 15 is 0 Å². The van der Waals surface area contributed by atoms with Crippen molar-refractivity contribution in [1.82, 2.24) is 15.5 Å². The zero-order chi connectivity index (χ0) is 13.9. The molecule has 6 heteroatoms. The third kappa shape index (κ3) is 7.47. The summed E-state index contributed by atoms with van der Waals surface area (Å²) in [6.45, 7) is 4.96. The largest absolute Gasteiger partial charge is 0.383 e. The Morgan fingerprint density at radius 1 is 1.37 bits per heavy atom. The average molecular weight is 273 g/mol. The number of carbonyl (C=O) groups is 1. The molecule has 19 heavy (non-hydrogen) atoms. The third-order valence-electron chi connectivity index (χ3n) is 3.25. The molecule has 1 heterocycles. The molecule has 6 nitrogen and oxygen atoms in total. The second-order valence-corrected chi connectivity index (χ2v) is 4.86. The Morgan fingerprint density at radius 3 is 2.79 bits per heavy atom. The van der Waals surface area contributed by atoms with Crippen molar-refractivity contribution in [2.24, 2.45) is 0 Å². The SMILES string of the molecule is COCCNC(=O)CN(CCOC)CC1CCCN1.